The van der Waals surface area contributed by atoms with Crippen molar-refractivity contribution in [3.63, 3.8) is 0 Å². The number of nitrogens with zero attached hydrogens (tertiary/aromatic N) is 2. The molecule has 0 amide bonds. The maximum atomic E-state index is 12.6. The lowest BCUT2D eigenvalue weighted by atomic mass is 10.1. The summed E-state index contributed by atoms with van der Waals surface area (Å²) in [6.07, 6.45) is 0. The van der Waals surface area contributed by atoms with Crippen molar-refractivity contribution < 1.29 is 9.53 Å². The number of fused-ring (bicyclic) bond motifs is 1. The van der Waals surface area contributed by atoms with Gasteiger partial charge in [-0.05, 0) is 30.2 Å². The molecule has 3 rings (SSSR count). The van der Waals surface area contributed by atoms with Crippen LogP contribution in [-0.2, 0) is 6.54 Å². The Morgan fingerprint density at radius 1 is 1.16 bits per heavy atom. The Labute approximate surface area is 149 Å². The number of aromatic nitrogens is 2. The van der Waals surface area contributed by atoms with Gasteiger partial charge in [-0.2, -0.15) is 5.10 Å². The van der Waals surface area contributed by atoms with E-state index in [-0.39, 0.29) is 17.2 Å². The van der Waals surface area contributed by atoms with Crippen molar-refractivity contribution in [2.45, 2.75) is 20.4 Å². The number of ether oxygens (including phenoxy) is 1. The first-order chi connectivity index (χ1) is 12.0. The average molecular weight is 357 g/mol. The monoisotopic (exact) mass is 356 g/mol. The van der Waals surface area contributed by atoms with Crippen LogP contribution in [0.3, 0.4) is 0 Å². The molecule has 0 unspecified atom stereocenters. The summed E-state index contributed by atoms with van der Waals surface area (Å²) in [5.74, 6) is -0.0934. The lowest BCUT2D eigenvalue weighted by Crippen LogP contribution is -2.28. The SMILES string of the molecule is CC(C)Cn1nc(C(=O)Oc2cccc(Cl)c2)c2ccccc2c1=O. The maximum absolute atomic E-state index is 12.6. The summed E-state index contributed by atoms with van der Waals surface area (Å²) in [6.45, 7) is 4.38. The minimum absolute atomic E-state index is 0.107. The summed E-state index contributed by atoms with van der Waals surface area (Å²) in [5.41, 5.74) is -0.112. The van der Waals surface area contributed by atoms with Crippen LogP contribution < -0.4 is 10.3 Å². The van der Waals surface area contributed by atoms with Gasteiger partial charge in [0.2, 0.25) is 0 Å². The number of esters is 1. The van der Waals surface area contributed by atoms with E-state index in [1.165, 1.54) is 4.68 Å². The Kier molecular flexibility index (Phi) is 4.86. The summed E-state index contributed by atoms with van der Waals surface area (Å²) in [7, 11) is 0. The highest BCUT2D eigenvalue weighted by molar-refractivity contribution is 6.30. The zero-order valence-corrected chi connectivity index (χ0v) is 14.7. The van der Waals surface area contributed by atoms with Gasteiger partial charge in [0.1, 0.15) is 5.75 Å². The second-order valence-electron chi connectivity index (χ2n) is 6.12. The van der Waals surface area contributed by atoms with Crippen molar-refractivity contribution in [2.75, 3.05) is 0 Å². The first kappa shape index (κ1) is 17.2. The topological polar surface area (TPSA) is 61.2 Å². The molecule has 0 aliphatic rings. The smallest absolute Gasteiger partial charge is 0.364 e. The molecule has 0 aliphatic heterocycles. The van der Waals surface area contributed by atoms with Gasteiger partial charge < -0.3 is 4.74 Å². The summed E-state index contributed by atoms with van der Waals surface area (Å²) < 4.78 is 6.71. The molecular formula is C19H17ClN2O3. The molecule has 1 heterocycles. The molecule has 0 N–H and O–H groups in total. The molecule has 0 aliphatic carbocycles. The predicted molar refractivity (Wildman–Crippen MR) is 97.3 cm³/mol. The standard InChI is InChI=1S/C19H17ClN2O3/c1-12(2)11-22-18(23)16-9-4-3-8-15(16)17(21-22)19(24)25-14-7-5-6-13(20)10-14/h3-10,12H,11H2,1-2H3. The number of halogens is 1. The van der Waals surface area contributed by atoms with E-state index in [9.17, 15) is 9.59 Å². The van der Waals surface area contributed by atoms with Crippen molar-refractivity contribution in [1.29, 1.82) is 0 Å². The number of carbonyl (C=O) groups is 1. The fourth-order valence-electron chi connectivity index (χ4n) is 2.54. The molecule has 1 aromatic heterocycles. The molecule has 0 radical (unpaired) electrons. The van der Waals surface area contributed by atoms with E-state index in [0.29, 0.717) is 28.1 Å². The highest BCUT2D eigenvalue weighted by atomic mass is 35.5. The number of benzene rings is 2. The van der Waals surface area contributed by atoms with Crippen LogP contribution in [0.1, 0.15) is 24.3 Å². The van der Waals surface area contributed by atoms with Gasteiger partial charge in [0.05, 0.1) is 5.39 Å². The van der Waals surface area contributed by atoms with E-state index in [1.54, 1.807) is 48.5 Å². The van der Waals surface area contributed by atoms with Crippen molar-refractivity contribution in [2.24, 2.45) is 5.92 Å². The normalized spacial score (nSPS) is 11.0. The van der Waals surface area contributed by atoms with Crippen LogP contribution in [0.25, 0.3) is 10.8 Å². The lowest BCUT2D eigenvalue weighted by Gasteiger charge is -2.12. The van der Waals surface area contributed by atoms with Gasteiger partial charge in [0.15, 0.2) is 5.69 Å². The summed E-state index contributed by atoms with van der Waals surface area (Å²) in [6, 6.07) is 13.5. The molecule has 0 fully saturated rings. The molecule has 0 bridgehead atoms. The number of hydrogen-bond donors (Lipinski definition) is 0. The van der Waals surface area contributed by atoms with Gasteiger partial charge in [0, 0.05) is 17.0 Å². The second-order valence-corrected chi connectivity index (χ2v) is 6.56. The third-order valence-electron chi connectivity index (χ3n) is 3.61. The van der Waals surface area contributed by atoms with Gasteiger partial charge >= 0.3 is 5.97 Å². The third-order valence-corrected chi connectivity index (χ3v) is 3.84. The Balaban J connectivity index is 2.09. The van der Waals surface area contributed by atoms with Crippen molar-refractivity contribution in [1.82, 2.24) is 9.78 Å². The Bertz CT molecular complexity index is 995. The Morgan fingerprint density at radius 3 is 2.56 bits per heavy atom. The van der Waals surface area contributed by atoms with Gasteiger partial charge in [-0.25, -0.2) is 9.48 Å². The van der Waals surface area contributed by atoms with Crippen molar-refractivity contribution in [3.8, 4) is 5.75 Å². The minimum atomic E-state index is -0.629. The number of rotatable bonds is 4. The van der Waals surface area contributed by atoms with Crippen LogP contribution >= 0.6 is 11.6 Å². The molecule has 2 aromatic carbocycles. The molecule has 0 saturated heterocycles. The molecule has 5 nitrogen and oxygen atoms in total. The highest BCUT2D eigenvalue weighted by Gasteiger charge is 2.19. The van der Waals surface area contributed by atoms with E-state index in [4.69, 9.17) is 16.3 Å². The molecule has 25 heavy (non-hydrogen) atoms. The fourth-order valence-corrected chi connectivity index (χ4v) is 2.72. The van der Waals surface area contributed by atoms with Crippen LogP contribution in [0.4, 0.5) is 0 Å². The minimum Gasteiger partial charge on any atom is -0.422 e. The van der Waals surface area contributed by atoms with E-state index in [2.05, 4.69) is 5.10 Å². The number of carbonyl (C=O) groups excluding carboxylic acids is 1. The molecular weight excluding hydrogens is 340 g/mol. The lowest BCUT2D eigenvalue weighted by molar-refractivity contribution is 0.0728. The molecule has 3 aromatic rings. The largest absolute Gasteiger partial charge is 0.422 e. The highest BCUT2D eigenvalue weighted by Crippen LogP contribution is 2.20. The summed E-state index contributed by atoms with van der Waals surface area (Å²) in [5, 5.41) is 5.63. The molecule has 0 atom stereocenters. The van der Waals surface area contributed by atoms with Crippen LogP contribution in [0, 0.1) is 5.92 Å². The molecule has 6 heteroatoms. The van der Waals surface area contributed by atoms with Gasteiger partial charge in [-0.1, -0.05) is 49.7 Å². The van der Waals surface area contributed by atoms with E-state index >= 15 is 0 Å². The zero-order chi connectivity index (χ0) is 18.0. The third kappa shape index (κ3) is 3.72. The quantitative estimate of drug-likeness (QED) is 0.525. The molecule has 128 valence electrons. The zero-order valence-electron chi connectivity index (χ0n) is 13.9. The number of hydrogen-bond acceptors (Lipinski definition) is 4. The van der Waals surface area contributed by atoms with Crippen LogP contribution in [-0.4, -0.2) is 15.7 Å². The average Bonchev–Trinajstić information content (AvgIpc) is 2.57. The summed E-state index contributed by atoms with van der Waals surface area (Å²) in [4.78, 5) is 25.2. The van der Waals surface area contributed by atoms with E-state index < -0.39 is 5.97 Å². The first-order valence-electron chi connectivity index (χ1n) is 7.93. The van der Waals surface area contributed by atoms with Crippen LogP contribution in [0.15, 0.2) is 53.3 Å². The second kappa shape index (κ2) is 7.07. The van der Waals surface area contributed by atoms with Gasteiger partial charge in [0.25, 0.3) is 5.56 Å². The summed E-state index contributed by atoms with van der Waals surface area (Å²) >= 11 is 5.92. The van der Waals surface area contributed by atoms with Gasteiger partial charge in [-0.15, -0.1) is 0 Å². The Morgan fingerprint density at radius 2 is 1.88 bits per heavy atom. The molecule has 0 spiro atoms. The van der Waals surface area contributed by atoms with Crippen LogP contribution in [0.5, 0.6) is 5.75 Å². The van der Waals surface area contributed by atoms with Crippen LogP contribution in [0.2, 0.25) is 5.02 Å². The van der Waals surface area contributed by atoms with E-state index in [1.807, 2.05) is 13.8 Å². The Hall–Kier alpha value is -2.66. The van der Waals surface area contributed by atoms with E-state index in [0.717, 1.165) is 0 Å². The van der Waals surface area contributed by atoms with Gasteiger partial charge in [-0.3, -0.25) is 4.79 Å². The predicted octanol–water partition coefficient (Wildman–Crippen LogP) is 3.93. The fraction of sp³-hybridized carbons (Fsp3) is 0.211. The van der Waals surface area contributed by atoms with Crippen molar-refractivity contribution in [3.05, 3.63) is 69.6 Å². The maximum Gasteiger partial charge on any atom is 0.364 e. The molecule has 0 saturated carbocycles. The first-order valence-corrected chi connectivity index (χ1v) is 8.31. The van der Waals surface area contributed by atoms with Crippen molar-refractivity contribution >= 4 is 28.3 Å².